The fourth-order valence-electron chi connectivity index (χ4n) is 3.68. The number of esters is 1. The van der Waals surface area contributed by atoms with Gasteiger partial charge in [-0.1, -0.05) is 13.3 Å². The zero-order chi connectivity index (χ0) is 19.6. The van der Waals surface area contributed by atoms with Crippen LogP contribution in [0.15, 0.2) is 29.2 Å². The van der Waals surface area contributed by atoms with Crippen LogP contribution in [0, 0.1) is 0 Å². The Hall–Kier alpha value is -2.76. The summed E-state index contributed by atoms with van der Waals surface area (Å²) in [5, 5.41) is 0. The predicted octanol–water partition coefficient (Wildman–Crippen LogP) is 3.61. The van der Waals surface area contributed by atoms with Crippen LogP contribution < -0.4 is 14.9 Å². The molecule has 144 valence electrons. The second-order valence-electron chi connectivity index (χ2n) is 6.58. The largest absolute Gasteiger partial charge is 0.493 e. The minimum Gasteiger partial charge on any atom is -0.493 e. The molecule has 2 aromatic rings. The predicted molar refractivity (Wildman–Crippen MR) is 103 cm³/mol. The van der Waals surface area contributed by atoms with E-state index >= 15 is 0 Å². The first-order chi connectivity index (χ1) is 13.0. The molecule has 0 amide bonds. The van der Waals surface area contributed by atoms with Crippen molar-refractivity contribution in [3.8, 4) is 22.8 Å². The van der Waals surface area contributed by atoms with Crippen molar-refractivity contribution in [1.82, 2.24) is 4.57 Å². The average Bonchev–Trinajstić information content (AvgIpc) is 2.67. The lowest BCUT2D eigenvalue weighted by molar-refractivity contribution is 0.0523. The molecule has 1 aromatic heterocycles. The number of carbonyl (C=O) groups excluding carboxylic acids is 1. The molecule has 2 heterocycles. The first kappa shape index (κ1) is 19.0. The van der Waals surface area contributed by atoms with Gasteiger partial charge < -0.3 is 18.8 Å². The SMILES string of the molecule is CCCC1Cc2cc(OC)c(OC)cc2-c2cc(=O)c(C(=O)OCC)cn21. The van der Waals surface area contributed by atoms with Crippen LogP contribution in [-0.4, -0.2) is 31.4 Å². The molecule has 0 saturated carbocycles. The highest BCUT2D eigenvalue weighted by Crippen LogP contribution is 2.41. The summed E-state index contributed by atoms with van der Waals surface area (Å²) in [7, 11) is 3.20. The summed E-state index contributed by atoms with van der Waals surface area (Å²) < 4.78 is 17.9. The molecule has 27 heavy (non-hydrogen) atoms. The van der Waals surface area contributed by atoms with E-state index in [0.29, 0.717) is 11.5 Å². The Morgan fingerprint density at radius 2 is 1.85 bits per heavy atom. The number of carbonyl (C=O) groups is 1. The van der Waals surface area contributed by atoms with Crippen LogP contribution in [0.3, 0.4) is 0 Å². The Kier molecular flexibility index (Phi) is 5.54. The lowest BCUT2D eigenvalue weighted by atomic mass is 9.90. The first-order valence-corrected chi connectivity index (χ1v) is 9.22. The number of benzene rings is 1. The van der Waals surface area contributed by atoms with E-state index in [1.54, 1.807) is 27.3 Å². The summed E-state index contributed by atoms with van der Waals surface area (Å²) in [6.07, 6.45) is 4.37. The van der Waals surface area contributed by atoms with E-state index in [4.69, 9.17) is 14.2 Å². The standard InChI is InChI=1S/C21H25NO5/c1-5-7-14-8-13-9-19(25-3)20(26-4)10-15(13)17-11-18(23)16(12-22(14)17)21(24)27-6-2/h9-12,14H,5-8H2,1-4H3. The van der Waals surface area contributed by atoms with Gasteiger partial charge in [0.05, 0.1) is 26.5 Å². The first-order valence-electron chi connectivity index (χ1n) is 9.22. The van der Waals surface area contributed by atoms with Crippen LogP contribution in [0.5, 0.6) is 11.5 Å². The number of hydrogen-bond acceptors (Lipinski definition) is 5. The van der Waals surface area contributed by atoms with Crippen LogP contribution in [0.4, 0.5) is 0 Å². The zero-order valence-electron chi connectivity index (χ0n) is 16.2. The summed E-state index contributed by atoms with van der Waals surface area (Å²) in [4.78, 5) is 24.8. The highest BCUT2D eigenvalue weighted by atomic mass is 16.5. The molecular formula is C21H25NO5. The summed E-state index contributed by atoms with van der Waals surface area (Å²) in [6, 6.07) is 5.55. The van der Waals surface area contributed by atoms with Crippen LogP contribution in [0.2, 0.25) is 0 Å². The maximum Gasteiger partial charge on any atom is 0.343 e. The van der Waals surface area contributed by atoms with Crippen LogP contribution >= 0.6 is 0 Å². The van der Waals surface area contributed by atoms with Crippen molar-refractivity contribution in [2.75, 3.05) is 20.8 Å². The highest BCUT2D eigenvalue weighted by molar-refractivity contribution is 5.89. The summed E-state index contributed by atoms with van der Waals surface area (Å²) in [6.45, 7) is 4.08. The molecule has 0 N–H and O–H groups in total. The molecule has 1 aliphatic heterocycles. The van der Waals surface area contributed by atoms with Gasteiger partial charge in [0.1, 0.15) is 5.56 Å². The molecule has 0 fully saturated rings. The van der Waals surface area contributed by atoms with Crippen LogP contribution in [0.1, 0.15) is 48.7 Å². The van der Waals surface area contributed by atoms with Gasteiger partial charge in [-0.15, -0.1) is 0 Å². The van der Waals surface area contributed by atoms with Crippen molar-refractivity contribution in [3.05, 3.63) is 45.7 Å². The summed E-state index contributed by atoms with van der Waals surface area (Å²) in [5.41, 5.74) is 2.55. The molecule has 1 unspecified atom stereocenters. The lowest BCUT2D eigenvalue weighted by Gasteiger charge is -2.31. The van der Waals surface area contributed by atoms with Crippen molar-refractivity contribution in [3.63, 3.8) is 0 Å². The van der Waals surface area contributed by atoms with Crippen molar-refractivity contribution in [1.29, 1.82) is 0 Å². The van der Waals surface area contributed by atoms with Crippen LogP contribution in [0.25, 0.3) is 11.3 Å². The number of ether oxygens (including phenoxy) is 3. The summed E-state index contributed by atoms with van der Waals surface area (Å²) in [5.74, 6) is 0.704. The van der Waals surface area contributed by atoms with Gasteiger partial charge in [0, 0.05) is 23.9 Å². The van der Waals surface area contributed by atoms with Gasteiger partial charge in [0.2, 0.25) is 0 Å². The lowest BCUT2D eigenvalue weighted by Crippen LogP contribution is -2.26. The minimum atomic E-state index is -0.578. The molecule has 3 rings (SSSR count). The molecule has 6 nitrogen and oxygen atoms in total. The van der Waals surface area contributed by atoms with Gasteiger partial charge in [-0.2, -0.15) is 0 Å². The second kappa shape index (κ2) is 7.86. The van der Waals surface area contributed by atoms with Crippen molar-refractivity contribution < 1.29 is 19.0 Å². The maximum absolute atomic E-state index is 12.6. The molecule has 0 bridgehead atoms. The van der Waals surface area contributed by atoms with E-state index in [0.717, 1.165) is 36.1 Å². The molecule has 0 aliphatic carbocycles. The zero-order valence-corrected chi connectivity index (χ0v) is 16.2. The van der Waals surface area contributed by atoms with Gasteiger partial charge in [-0.05, 0) is 37.5 Å². The monoisotopic (exact) mass is 371 g/mol. The highest BCUT2D eigenvalue weighted by Gasteiger charge is 2.27. The van der Waals surface area contributed by atoms with Gasteiger partial charge in [0.25, 0.3) is 0 Å². The number of nitrogens with zero attached hydrogens (tertiary/aromatic N) is 1. The Balaban J connectivity index is 2.21. The Morgan fingerprint density at radius 1 is 1.15 bits per heavy atom. The number of rotatable bonds is 6. The van der Waals surface area contributed by atoms with Crippen molar-refractivity contribution in [2.45, 2.75) is 39.2 Å². The van der Waals surface area contributed by atoms with E-state index in [1.165, 1.54) is 6.07 Å². The van der Waals surface area contributed by atoms with Gasteiger partial charge in [-0.3, -0.25) is 4.79 Å². The van der Waals surface area contributed by atoms with Crippen LogP contribution in [-0.2, 0) is 11.2 Å². The summed E-state index contributed by atoms with van der Waals surface area (Å²) >= 11 is 0. The van der Waals surface area contributed by atoms with Crippen molar-refractivity contribution >= 4 is 5.97 Å². The molecular weight excluding hydrogens is 346 g/mol. The smallest absolute Gasteiger partial charge is 0.343 e. The quantitative estimate of drug-likeness (QED) is 0.726. The fourth-order valence-corrected chi connectivity index (χ4v) is 3.68. The normalized spacial score (nSPS) is 14.9. The maximum atomic E-state index is 12.6. The third-order valence-electron chi connectivity index (χ3n) is 4.93. The number of methoxy groups -OCH3 is 2. The number of aromatic nitrogens is 1. The second-order valence-corrected chi connectivity index (χ2v) is 6.58. The number of pyridine rings is 1. The van der Waals surface area contributed by atoms with Crippen molar-refractivity contribution in [2.24, 2.45) is 0 Å². The van der Waals surface area contributed by atoms with E-state index in [1.807, 2.05) is 16.7 Å². The minimum absolute atomic E-state index is 0.0747. The topological polar surface area (TPSA) is 66.8 Å². The van der Waals surface area contributed by atoms with E-state index < -0.39 is 5.97 Å². The molecule has 1 aliphatic rings. The average molecular weight is 371 g/mol. The Bertz CT molecular complexity index is 916. The number of hydrogen-bond donors (Lipinski definition) is 0. The van der Waals surface area contributed by atoms with Gasteiger partial charge in [0.15, 0.2) is 16.9 Å². The molecule has 0 spiro atoms. The van der Waals surface area contributed by atoms with Gasteiger partial charge in [-0.25, -0.2) is 4.79 Å². The third-order valence-corrected chi connectivity index (χ3v) is 4.93. The van der Waals surface area contributed by atoms with E-state index in [-0.39, 0.29) is 23.6 Å². The molecule has 1 atom stereocenters. The Morgan fingerprint density at radius 3 is 2.48 bits per heavy atom. The molecule has 1 aromatic carbocycles. The molecule has 0 radical (unpaired) electrons. The molecule has 0 saturated heterocycles. The molecule has 6 heteroatoms. The van der Waals surface area contributed by atoms with E-state index in [2.05, 4.69) is 6.92 Å². The Labute approximate surface area is 158 Å². The third kappa shape index (κ3) is 3.44. The van der Waals surface area contributed by atoms with Gasteiger partial charge >= 0.3 is 5.97 Å². The fraction of sp³-hybridized carbons (Fsp3) is 0.429. The number of fused-ring (bicyclic) bond motifs is 3. The van der Waals surface area contributed by atoms with E-state index in [9.17, 15) is 9.59 Å².